The summed E-state index contributed by atoms with van der Waals surface area (Å²) in [6.07, 6.45) is 2.43. The molecule has 2 rings (SSSR count). The number of thioether (sulfide) groups is 1. The number of hydrogen-bond donors (Lipinski definition) is 0. The molecule has 1 aromatic rings. The van der Waals surface area contributed by atoms with Gasteiger partial charge in [0.05, 0.1) is 11.7 Å². The normalized spacial score (nSPS) is 18.3. The van der Waals surface area contributed by atoms with Crippen LogP contribution in [0.2, 0.25) is 0 Å². The molecule has 1 aliphatic heterocycles. The second-order valence-corrected chi connectivity index (χ2v) is 5.60. The third kappa shape index (κ3) is 3.34. The van der Waals surface area contributed by atoms with E-state index in [1.54, 1.807) is 13.0 Å². The summed E-state index contributed by atoms with van der Waals surface area (Å²) in [6.45, 7) is 4.12. The zero-order valence-electron chi connectivity index (χ0n) is 11.1. The average Bonchev–Trinajstić information content (AvgIpc) is 2.89. The summed E-state index contributed by atoms with van der Waals surface area (Å²) in [5, 5.41) is 9.86. The molecule has 1 unspecified atom stereocenters. The largest absolute Gasteiger partial charge is 0.377 e. The molecule has 0 saturated carbocycles. The molecule has 0 spiro atoms. The number of nitriles is 1. The summed E-state index contributed by atoms with van der Waals surface area (Å²) in [4.78, 5) is 15.8. The molecule has 0 N–H and O–H groups in total. The van der Waals surface area contributed by atoms with E-state index in [0.717, 1.165) is 25.2 Å². The van der Waals surface area contributed by atoms with Crippen molar-refractivity contribution in [1.82, 2.24) is 4.98 Å². The average molecular weight is 276 g/mol. The summed E-state index contributed by atoms with van der Waals surface area (Å²) in [7, 11) is 0. The Balaban J connectivity index is 2.17. The number of rotatable bonds is 4. The van der Waals surface area contributed by atoms with Crippen LogP contribution >= 0.6 is 11.8 Å². The summed E-state index contributed by atoms with van der Waals surface area (Å²) < 4.78 is 5.55. The lowest BCUT2D eigenvalue weighted by Crippen LogP contribution is -2.09. The number of aryl methyl sites for hydroxylation is 1. The summed E-state index contributed by atoms with van der Waals surface area (Å²) in [5.74, 6) is 0.748. The van der Waals surface area contributed by atoms with Gasteiger partial charge in [-0.05, 0) is 32.8 Å². The van der Waals surface area contributed by atoms with Crippen LogP contribution in [0.25, 0.3) is 0 Å². The van der Waals surface area contributed by atoms with Crippen LogP contribution in [0.15, 0.2) is 11.1 Å². The topological polar surface area (TPSA) is 63.0 Å². The standard InChI is InChI=1S/C14H16N2O2S/c1-9-13(10(2)17)6-11(7-15)14(16-9)19-8-12-4-3-5-18-12/h6,12H,3-5,8H2,1-2H3. The lowest BCUT2D eigenvalue weighted by molar-refractivity contribution is 0.101. The number of carbonyl (C=O) groups excluding carboxylic acids is 1. The predicted molar refractivity (Wildman–Crippen MR) is 73.4 cm³/mol. The first-order valence-corrected chi connectivity index (χ1v) is 7.27. The van der Waals surface area contributed by atoms with E-state index < -0.39 is 0 Å². The minimum absolute atomic E-state index is 0.0582. The molecular weight excluding hydrogens is 260 g/mol. The lowest BCUT2D eigenvalue weighted by Gasteiger charge is -2.10. The van der Waals surface area contributed by atoms with Crippen LogP contribution in [0.1, 0.15) is 41.4 Å². The van der Waals surface area contributed by atoms with Gasteiger partial charge in [0.15, 0.2) is 5.78 Å². The Bertz CT molecular complexity index is 531. The van der Waals surface area contributed by atoms with Crippen LogP contribution in [-0.2, 0) is 4.74 Å². The second kappa shape index (κ2) is 6.18. The molecule has 0 aromatic carbocycles. The van der Waals surface area contributed by atoms with Gasteiger partial charge in [0.1, 0.15) is 11.1 Å². The van der Waals surface area contributed by atoms with E-state index in [0.29, 0.717) is 21.8 Å². The molecule has 5 heteroatoms. The van der Waals surface area contributed by atoms with Crippen LogP contribution in [-0.4, -0.2) is 29.2 Å². The van der Waals surface area contributed by atoms with Crippen molar-refractivity contribution < 1.29 is 9.53 Å². The fourth-order valence-electron chi connectivity index (χ4n) is 2.08. The fraction of sp³-hybridized carbons (Fsp3) is 0.500. The smallest absolute Gasteiger partial charge is 0.161 e. The lowest BCUT2D eigenvalue weighted by atomic mass is 10.1. The number of ether oxygens (including phenoxy) is 1. The van der Waals surface area contributed by atoms with Crippen LogP contribution in [0.4, 0.5) is 0 Å². The number of ketones is 1. The van der Waals surface area contributed by atoms with E-state index in [9.17, 15) is 4.79 Å². The van der Waals surface area contributed by atoms with Gasteiger partial charge in [-0.25, -0.2) is 4.98 Å². The molecule has 0 radical (unpaired) electrons. The zero-order chi connectivity index (χ0) is 13.8. The first kappa shape index (κ1) is 14.0. The van der Waals surface area contributed by atoms with E-state index in [1.165, 1.54) is 18.7 Å². The number of pyridine rings is 1. The molecule has 1 atom stereocenters. The maximum atomic E-state index is 11.4. The van der Waals surface area contributed by atoms with E-state index >= 15 is 0 Å². The van der Waals surface area contributed by atoms with Gasteiger partial charge in [0, 0.05) is 23.6 Å². The van der Waals surface area contributed by atoms with Crippen molar-refractivity contribution >= 4 is 17.5 Å². The second-order valence-electron chi connectivity index (χ2n) is 4.59. The van der Waals surface area contributed by atoms with Gasteiger partial charge in [-0.2, -0.15) is 5.26 Å². The minimum atomic E-state index is -0.0582. The Morgan fingerprint density at radius 3 is 3.05 bits per heavy atom. The molecule has 2 heterocycles. The van der Waals surface area contributed by atoms with E-state index in [-0.39, 0.29) is 11.9 Å². The van der Waals surface area contributed by atoms with Crippen molar-refractivity contribution in [3.63, 3.8) is 0 Å². The van der Waals surface area contributed by atoms with E-state index in [1.807, 2.05) is 0 Å². The van der Waals surface area contributed by atoms with Crippen LogP contribution < -0.4 is 0 Å². The number of aromatic nitrogens is 1. The van der Waals surface area contributed by atoms with Gasteiger partial charge in [-0.15, -0.1) is 11.8 Å². The molecule has 1 fully saturated rings. The SMILES string of the molecule is CC(=O)c1cc(C#N)c(SCC2CCCO2)nc1C. The Morgan fingerprint density at radius 1 is 1.68 bits per heavy atom. The Labute approximate surface area is 117 Å². The van der Waals surface area contributed by atoms with Gasteiger partial charge in [-0.1, -0.05) is 0 Å². The van der Waals surface area contributed by atoms with E-state index in [4.69, 9.17) is 10.00 Å². The van der Waals surface area contributed by atoms with Gasteiger partial charge in [0.2, 0.25) is 0 Å². The minimum Gasteiger partial charge on any atom is -0.377 e. The predicted octanol–water partition coefficient (Wildman–Crippen LogP) is 2.74. The zero-order valence-corrected chi connectivity index (χ0v) is 11.9. The highest BCUT2D eigenvalue weighted by Crippen LogP contribution is 2.26. The highest BCUT2D eigenvalue weighted by molar-refractivity contribution is 7.99. The highest BCUT2D eigenvalue weighted by atomic mass is 32.2. The first-order chi connectivity index (χ1) is 9.11. The number of carbonyl (C=O) groups is 1. The summed E-state index contributed by atoms with van der Waals surface area (Å²) in [5.41, 5.74) is 1.68. The molecule has 1 saturated heterocycles. The van der Waals surface area contributed by atoms with Crippen molar-refractivity contribution in [3.8, 4) is 6.07 Å². The van der Waals surface area contributed by atoms with Crippen molar-refractivity contribution in [2.45, 2.75) is 37.8 Å². The Morgan fingerprint density at radius 2 is 2.47 bits per heavy atom. The quantitative estimate of drug-likeness (QED) is 0.625. The highest BCUT2D eigenvalue weighted by Gasteiger charge is 2.18. The third-order valence-electron chi connectivity index (χ3n) is 3.11. The van der Waals surface area contributed by atoms with Crippen molar-refractivity contribution in [2.24, 2.45) is 0 Å². The van der Waals surface area contributed by atoms with Gasteiger partial charge in [-0.3, -0.25) is 4.79 Å². The van der Waals surface area contributed by atoms with Gasteiger partial charge < -0.3 is 4.74 Å². The molecule has 0 bridgehead atoms. The Hall–Kier alpha value is -1.38. The number of Topliss-reactive ketones (excluding diaryl/α,β-unsaturated/α-hetero) is 1. The molecule has 4 nitrogen and oxygen atoms in total. The number of nitrogens with zero attached hydrogens (tertiary/aromatic N) is 2. The first-order valence-electron chi connectivity index (χ1n) is 6.29. The summed E-state index contributed by atoms with van der Waals surface area (Å²) in [6, 6.07) is 3.76. The summed E-state index contributed by atoms with van der Waals surface area (Å²) >= 11 is 1.53. The molecule has 19 heavy (non-hydrogen) atoms. The van der Waals surface area contributed by atoms with E-state index in [2.05, 4.69) is 11.1 Å². The molecule has 0 amide bonds. The van der Waals surface area contributed by atoms with Crippen molar-refractivity contribution in [1.29, 1.82) is 5.26 Å². The van der Waals surface area contributed by atoms with Crippen LogP contribution in [0, 0.1) is 18.3 Å². The fourth-order valence-corrected chi connectivity index (χ4v) is 3.15. The van der Waals surface area contributed by atoms with Crippen molar-refractivity contribution in [2.75, 3.05) is 12.4 Å². The molecule has 1 aliphatic rings. The molecular formula is C14H16N2O2S. The number of hydrogen-bond acceptors (Lipinski definition) is 5. The maximum Gasteiger partial charge on any atom is 0.161 e. The van der Waals surface area contributed by atoms with Crippen LogP contribution in [0.3, 0.4) is 0 Å². The van der Waals surface area contributed by atoms with Crippen molar-refractivity contribution in [3.05, 3.63) is 22.9 Å². The Kier molecular flexibility index (Phi) is 4.56. The maximum absolute atomic E-state index is 11.4. The monoisotopic (exact) mass is 276 g/mol. The van der Waals surface area contributed by atoms with Gasteiger partial charge >= 0.3 is 0 Å². The molecule has 100 valence electrons. The molecule has 1 aromatic heterocycles. The molecule has 0 aliphatic carbocycles. The van der Waals surface area contributed by atoms with Crippen LogP contribution in [0.5, 0.6) is 0 Å². The third-order valence-corrected chi connectivity index (χ3v) is 4.23. The van der Waals surface area contributed by atoms with Gasteiger partial charge in [0.25, 0.3) is 0 Å².